The van der Waals surface area contributed by atoms with E-state index in [4.69, 9.17) is 0 Å². The molecule has 0 spiro atoms. The Bertz CT molecular complexity index is 483. The molecule has 0 radical (unpaired) electrons. The average molecular weight is 367 g/mol. The van der Waals surface area contributed by atoms with E-state index in [1.54, 1.807) is 0 Å². The number of amides is 3. The second-order valence-corrected chi connectivity index (χ2v) is 7.82. The molecule has 2 heterocycles. The standard InChI is InChI=1S/C19H34N4O3/c1-15(2)12-18(25)23-10-8-22(9-11-23)17(24)6-4-3-5-7-21-19(26)16-13-20-14-16/h15-16,20H,3-14H2,1-2H3,(H,21,26). The molecule has 7 heteroatoms. The molecule has 0 aromatic rings. The zero-order chi connectivity index (χ0) is 18.9. The third-order valence-electron chi connectivity index (χ3n) is 5.09. The fourth-order valence-corrected chi connectivity index (χ4v) is 3.25. The minimum atomic E-state index is 0.141. The molecular weight excluding hydrogens is 332 g/mol. The van der Waals surface area contributed by atoms with Gasteiger partial charge in [-0.2, -0.15) is 0 Å². The molecule has 2 rings (SSSR count). The molecule has 2 N–H and O–H groups in total. The van der Waals surface area contributed by atoms with Crippen molar-refractivity contribution in [2.75, 3.05) is 45.8 Å². The van der Waals surface area contributed by atoms with Crippen LogP contribution in [0.1, 0.15) is 46.0 Å². The molecule has 2 aliphatic heterocycles. The quantitative estimate of drug-likeness (QED) is 0.586. The van der Waals surface area contributed by atoms with E-state index >= 15 is 0 Å². The maximum absolute atomic E-state index is 12.3. The fourth-order valence-electron chi connectivity index (χ4n) is 3.25. The predicted octanol–water partition coefficient (Wildman–Crippen LogP) is 0.599. The lowest BCUT2D eigenvalue weighted by atomic mass is 10.0. The van der Waals surface area contributed by atoms with Crippen molar-refractivity contribution < 1.29 is 14.4 Å². The summed E-state index contributed by atoms with van der Waals surface area (Å²) >= 11 is 0. The predicted molar refractivity (Wildman–Crippen MR) is 100 cm³/mol. The lowest BCUT2D eigenvalue weighted by molar-refractivity contribution is -0.140. The van der Waals surface area contributed by atoms with Gasteiger partial charge < -0.3 is 20.4 Å². The van der Waals surface area contributed by atoms with E-state index in [1.807, 2.05) is 23.6 Å². The van der Waals surface area contributed by atoms with Gasteiger partial charge in [0.05, 0.1) is 5.92 Å². The third-order valence-corrected chi connectivity index (χ3v) is 5.09. The summed E-state index contributed by atoms with van der Waals surface area (Å²) in [7, 11) is 0. The van der Waals surface area contributed by atoms with Crippen LogP contribution in [-0.4, -0.2) is 73.3 Å². The normalized spacial score (nSPS) is 18.0. The summed E-state index contributed by atoms with van der Waals surface area (Å²) in [5, 5.41) is 6.04. The van der Waals surface area contributed by atoms with E-state index in [0.717, 1.165) is 32.4 Å². The van der Waals surface area contributed by atoms with Crippen LogP contribution in [0.2, 0.25) is 0 Å². The zero-order valence-electron chi connectivity index (χ0n) is 16.3. The first-order valence-electron chi connectivity index (χ1n) is 10.0. The van der Waals surface area contributed by atoms with Gasteiger partial charge in [-0.1, -0.05) is 20.3 Å². The minimum absolute atomic E-state index is 0.141. The molecule has 0 aromatic carbocycles. The molecule has 2 saturated heterocycles. The maximum Gasteiger partial charge on any atom is 0.225 e. The molecule has 0 aliphatic carbocycles. The zero-order valence-corrected chi connectivity index (χ0v) is 16.3. The van der Waals surface area contributed by atoms with Crippen molar-refractivity contribution in [2.45, 2.75) is 46.0 Å². The van der Waals surface area contributed by atoms with Gasteiger partial charge in [0.1, 0.15) is 0 Å². The van der Waals surface area contributed by atoms with Crippen molar-refractivity contribution in [3.8, 4) is 0 Å². The summed E-state index contributed by atoms with van der Waals surface area (Å²) in [6.07, 6.45) is 3.85. The van der Waals surface area contributed by atoms with Crippen molar-refractivity contribution in [2.24, 2.45) is 11.8 Å². The molecule has 0 atom stereocenters. The van der Waals surface area contributed by atoms with Crippen LogP contribution in [0.15, 0.2) is 0 Å². The van der Waals surface area contributed by atoms with Crippen LogP contribution >= 0.6 is 0 Å². The Morgan fingerprint density at radius 2 is 1.58 bits per heavy atom. The smallest absolute Gasteiger partial charge is 0.225 e. The van der Waals surface area contributed by atoms with Crippen LogP contribution in [-0.2, 0) is 14.4 Å². The number of hydrogen-bond acceptors (Lipinski definition) is 4. The van der Waals surface area contributed by atoms with Crippen molar-refractivity contribution in [3.63, 3.8) is 0 Å². The molecule has 7 nitrogen and oxygen atoms in total. The van der Waals surface area contributed by atoms with Crippen LogP contribution in [0.4, 0.5) is 0 Å². The highest BCUT2D eigenvalue weighted by Gasteiger charge is 2.25. The van der Waals surface area contributed by atoms with Gasteiger partial charge in [-0.25, -0.2) is 0 Å². The molecule has 26 heavy (non-hydrogen) atoms. The Morgan fingerprint density at radius 1 is 0.962 bits per heavy atom. The van der Waals surface area contributed by atoms with E-state index in [9.17, 15) is 14.4 Å². The molecule has 2 aliphatic rings. The first kappa shape index (κ1) is 20.7. The monoisotopic (exact) mass is 366 g/mol. The number of carbonyl (C=O) groups excluding carboxylic acids is 3. The second kappa shape index (κ2) is 10.5. The lowest BCUT2D eigenvalue weighted by Gasteiger charge is -2.35. The first-order chi connectivity index (χ1) is 12.5. The van der Waals surface area contributed by atoms with Crippen LogP contribution in [0.5, 0.6) is 0 Å². The first-order valence-corrected chi connectivity index (χ1v) is 10.0. The second-order valence-electron chi connectivity index (χ2n) is 7.82. The van der Waals surface area contributed by atoms with Gasteiger partial charge in [-0.3, -0.25) is 14.4 Å². The SMILES string of the molecule is CC(C)CC(=O)N1CCN(C(=O)CCCCCNC(=O)C2CNC2)CC1. The molecule has 148 valence electrons. The number of rotatable bonds is 9. The summed E-state index contributed by atoms with van der Waals surface area (Å²) in [5.41, 5.74) is 0. The number of unbranched alkanes of at least 4 members (excludes halogenated alkanes) is 2. The molecule has 2 fully saturated rings. The van der Waals surface area contributed by atoms with Crippen molar-refractivity contribution >= 4 is 17.7 Å². The summed E-state index contributed by atoms with van der Waals surface area (Å²) in [6.45, 7) is 8.97. The molecule has 0 saturated carbocycles. The van der Waals surface area contributed by atoms with E-state index < -0.39 is 0 Å². The summed E-state index contributed by atoms with van der Waals surface area (Å²) in [6, 6.07) is 0. The van der Waals surface area contributed by atoms with Crippen molar-refractivity contribution in [1.82, 2.24) is 20.4 Å². The number of carbonyl (C=O) groups is 3. The molecular formula is C19H34N4O3. The highest BCUT2D eigenvalue weighted by molar-refractivity contribution is 5.80. The number of nitrogens with zero attached hydrogens (tertiary/aromatic N) is 2. The van der Waals surface area contributed by atoms with Gasteiger partial charge in [0.25, 0.3) is 0 Å². The number of nitrogens with one attached hydrogen (secondary N) is 2. The molecule has 0 bridgehead atoms. The van der Waals surface area contributed by atoms with E-state index in [1.165, 1.54) is 0 Å². The van der Waals surface area contributed by atoms with Crippen LogP contribution in [0, 0.1) is 11.8 Å². The maximum atomic E-state index is 12.3. The highest BCUT2D eigenvalue weighted by Crippen LogP contribution is 2.10. The van der Waals surface area contributed by atoms with Crippen LogP contribution in [0.25, 0.3) is 0 Å². The van der Waals surface area contributed by atoms with Crippen molar-refractivity contribution in [3.05, 3.63) is 0 Å². The van der Waals surface area contributed by atoms with Gasteiger partial charge in [0, 0.05) is 58.7 Å². The topological polar surface area (TPSA) is 81.8 Å². The Morgan fingerprint density at radius 3 is 2.12 bits per heavy atom. The van der Waals surface area contributed by atoms with Crippen LogP contribution in [0.3, 0.4) is 0 Å². The Kier molecular flexibility index (Phi) is 8.35. The van der Waals surface area contributed by atoms with Gasteiger partial charge >= 0.3 is 0 Å². The highest BCUT2D eigenvalue weighted by atomic mass is 16.2. The Labute approximate surface area is 156 Å². The van der Waals surface area contributed by atoms with E-state index in [-0.39, 0.29) is 23.6 Å². The summed E-state index contributed by atoms with van der Waals surface area (Å²) < 4.78 is 0. The molecule has 3 amide bonds. The van der Waals surface area contributed by atoms with Gasteiger partial charge in [-0.15, -0.1) is 0 Å². The van der Waals surface area contributed by atoms with Crippen LogP contribution < -0.4 is 10.6 Å². The fraction of sp³-hybridized carbons (Fsp3) is 0.842. The van der Waals surface area contributed by atoms with Gasteiger partial charge in [0.2, 0.25) is 17.7 Å². The molecule has 0 unspecified atom stereocenters. The van der Waals surface area contributed by atoms with Crippen molar-refractivity contribution in [1.29, 1.82) is 0 Å². The number of piperazine rings is 1. The third kappa shape index (κ3) is 6.59. The van der Waals surface area contributed by atoms with Gasteiger partial charge in [-0.05, 0) is 18.8 Å². The largest absolute Gasteiger partial charge is 0.356 e. The summed E-state index contributed by atoms with van der Waals surface area (Å²) in [4.78, 5) is 39.8. The average Bonchev–Trinajstić information content (AvgIpc) is 2.55. The van der Waals surface area contributed by atoms with E-state index in [0.29, 0.717) is 51.5 Å². The Hall–Kier alpha value is -1.63. The molecule has 0 aromatic heterocycles. The number of hydrogen-bond donors (Lipinski definition) is 2. The Balaban J connectivity index is 1.51. The lowest BCUT2D eigenvalue weighted by Crippen LogP contribution is -2.51. The minimum Gasteiger partial charge on any atom is -0.356 e. The summed E-state index contributed by atoms with van der Waals surface area (Å²) in [5.74, 6) is 1.04. The van der Waals surface area contributed by atoms with E-state index in [2.05, 4.69) is 10.6 Å². The van der Waals surface area contributed by atoms with Gasteiger partial charge in [0.15, 0.2) is 0 Å².